The molecule has 24 heavy (non-hydrogen) atoms. The molecule has 0 amide bonds. The van der Waals surface area contributed by atoms with E-state index in [1.54, 1.807) is 12.5 Å². The van der Waals surface area contributed by atoms with Crippen molar-refractivity contribution in [2.24, 2.45) is 5.16 Å². The number of halogens is 1. The minimum absolute atomic E-state index is 0.451. The molecule has 1 aromatic heterocycles. The molecule has 4 nitrogen and oxygen atoms in total. The van der Waals surface area contributed by atoms with Gasteiger partial charge in [0.15, 0.2) is 0 Å². The molecule has 0 atom stereocenters. The molecule has 1 N–H and O–H groups in total. The maximum Gasteiger partial charge on any atom is 0.106 e. The number of aromatic nitrogens is 2. The predicted molar refractivity (Wildman–Crippen MR) is 94.4 cm³/mol. The largest absolute Gasteiger partial charge is 0.411 e. The van der Waals surface area contributed by atoms with Crippen molar-refractivity contribution in [3.8, 4) is 11.8 Å². The van der Waals surface area contributed by atoms with Gasteiger partial charge in [-0.15, -0.1) is 0 Å². The molecular formula is C19H14ClN3O. The van der Waals surface area contributed by atoms with Crippen molar-refractivity contribution in [1.29, 1.82) is 0 Å². The Hall–Kier alpha value is -3.03. The zero-order chi connectivity index (χ0) is 16.8. The normalized spacial score (nSPS) is 11.0. The number of hydrogen-bond donors (Lipinski definition) is 1. The van der Waals surface area contributed by atoms with E-state index in [9.17, 15) is 5.21 Å². The van der Waals surface area contributed by atoms with Crippen molar-refractivity contribution in [1.82, 2.24) is 9.55 Å². The van der Waals surface area contributed by atoms with Crippen molar-refractivity contribution >= 4 is 17.3 Å². The monoisotopic (exact) mass is 335 g/mol. The Labute approximate surface area is 145 Å². The zero-order valence-electron chi connectivity index (χ0n) is 12.7. The van der Waals surface area contributed by atoms with Gasteiger partial charge in [0.2, 0.25) is 0 Å². The van der Waals surface area contributed by atoms with E-state index < -0.39 is 0 Å². The smallest absolute Gasteiger partial charge is 0.106 e. The molecule has 2 aromatic carbocycles. The van der Waals surface area contributed by atoms with Gasteiger partial charge in [-0.1, -0.05) is 40.7 Å². The van der Waals surface area contributed by atoms with Gasteiger partial charge in [-0.3, -0.25) is 0 Å². The second kappa shape index (κ2) is 7.49. The molecule has 0 aliphatic rings. The third kappa shape index (κ3) is 4.03. The molecule has 0 radical (unpaired) electrons. The molecule has 5 heteroatoms. The van der Waals surface area contributed by atoms with Crippen LogP contribution in [0.1, 0.15) is 16.7 Å². The summed E-state index contributed by atoms with van der Waals surface area (Å²) >= 11 is 5.85. The van der Waals surface area contributed by atoms with Crippen LogP contribution in [0.2, 0.25) is 5.02 Å². The van der Waals surface area contributed by atoms with E-state index in [-0.39, 0.29) is 0 Å². The molecule has 3 aromatic rings. The second-order valence-corrected chi connectivity index (χ2v) is 5.55. The topological polar surface area (TPSA) is 50.4 Å². The number of hydrogen-bond acceptors (Lipinski definition) is 3. The quantitative estimate of drug-likeness (QED) is 0.342. The van der Waals surface area contributed by atoms with E-state index in [2.05, 4.69) is 22.0 Å². The lowest BCUT2D eigenvalue weighted by Gasteiger charge is -2.05. The first-order valence-corrected chi connectivity index (χ1v) is 7.67. The van der Waals surface area contributed by atoms with Crippen LogP contribution in [0.15, 0.2) is 72.4 Å². The standard InChI is InChI=1S/C19H14ClN3O/c20-18-9-5-16(6-10-18)2-1-15-3-7-17(8-4-15)19(22-24)13-23-12-11-21-14-23/h3-12,14,24H,13H2/b22-19+. The van der Waals surface area contributed by atoms with Crippen molar-refractivity contribution < 1.29 is 5.21 Å². The van der Waals surface area contributed by atoms with Crippen LogP contribution in [0, 0.1) is 11.8 Å². The first-order chi connectivity index (χ1) is 11.7. The van der Waals surface area contributed by atoms with Crippen LogP contribution < -0.4 is 0 Å². The highest BCUT2D eigenvalue weighted by atomic mass is 35.5. The van der Waals surface area contributed by atoms with Crippen LogP contribution in [-0.4, -0.2) is 20.5 Å². The van der Waals surface area contributed by atoms with Crippen molar-refractivity contribution in [3.05, 3.63) is 89.0 Å². The molecule has 0 aliphatic carbocycles. The van der Waals surface area contributed by atoms with E-state index in [0.29, 0.717) is 17.3 Å². The first-order valence-electron chi connectivity index (χ1n) is 7.29. The van der Waals surface area contributed by atoms with Crippen molar-refractivity contribution in [2.75, 3.05) is 0 Å². The maximum absolute atomic E-state index is 9.24. The Balaban J connectivity index is 1.74. The van der Waals surface area contributed by atoms with Gasteiger partial charge < -0.3 is 9.77 Å². The lowest BCUT2D eigenvalue weighted by molar-refractivity contribution is 0.317. The lowest BCUT2D eigenvalue weighted by atomic mass is 10.1. The highest BCUT2D eigenvalue weighted by molar-refractivity contribution is 6.30. The summed E-state index contributed by atoms with van der Waals surface area (Å²) in [6.07, 6.45) is 5.18. The third-order valence-corrected chi connectivity index (χ3v) is 3.68. The van der Waals surface area contributed by atoms with Crippen LogP contribution in [0.25, 0.3) is 0 Å². The molecule has 0 aliphatic heterocycles. The predicted octanol–water partition coefficient (Wildman–Crippen LogP) is 3.81. The van der Waals surface area contributed by atoms with Gasteiger partial charge >= 0.3 is 0 Å². The highest BCUT2D eigenvalue weighted by Gasteiger charge is 2.05. The zero-order valence-corrected chi connectivity index (χ0v) is 13.5. The van der Waals surface area contributed by atoms with E-state index in [1.807, 2.05) is 59.3 Å². The Morgan fingerprint density at radius 1 is 1.04 bits per heavy atom. The van der Waals surface area contributed by atoms with Gasteiger partial charge in [0.05, 0.1) is 12.9 Å². The molecule has 1 heterocycles. The van der Waals surface area contributed by atoms with E-state index in [0.717, 1.165) is 16.7 Å². The number of nitrogens with zero attached hydrogens (tertiary/aromatic N) is 3. The Morgan fingerprint density at radius 2 is 1.67 bits per heavy atom. The molecule has 0 bridgehead atoms. The molecule has 0 unspecified atom stereocenters. The van der Waals surface area contributed by atoms with Gasteiger partial charge in [-0.2, -0.15) is 0 Å². The van der Waals surface area contributed by atoms with Crippen LogP contribution >= 0.6 is 11.6 Å². The van der Waals surface area contributed by atoms with Crippen LogP contribution in [0.4, 0.5) is 0 Å². The van der Waals surface area contributed by atoms with E-state index in [4.69, 9.17) is 11.6 Å². The minimum Gasteiger partial charge on any atom is -0.411 e. The van der Waals surface area contributed by atoms with Crippen LogP contribution in [0.5, 0.6) is 0 Å². The number of oxime groups is 1. The summed E-state index contributed by atoms with van der Waals surface area (Å²) in [5, 5.41) is 13.3. The van der Waals surface area contributed by atoms with Crippen LogP contribution in [-0.2, 0) is 6.54 Å². The number of imidazole rings is 1. The summed E-state index contributed by atoms with van der Waals surface area (Å²) in [7, 11) is 0. The average Bonchev–Trinajstić information content (AvgIpc) is 3.13. The molecule has 3 rings (SSSR count). The molecule has 0 fully saturated rings. The maximum atomic E-state index is 9.24. The van der Waals surface area contributed by atoms with Crippen molar-refractivity contribution in [3.63, 3.8) is 0 Å². The summed E-state index contributed by atoms with van der Waals surface area (Å²) in [5.74, 6) is 6.19. The van der Waals surface area contributed by atoms with Gasteiger partial charge in [-0.25, -0.2) is 4.98 Å². The summed E-state index contributed by atoms with van der Waals surface area (Å²) in [6.45, 7) is 0.451. The summed E-state index contributed by atoms with van der Waals surface area (Å²) < 4.78 is 1.84. The average molecular weight is 336 g/mol. The van der Waals surface area contributed by atoms with Crippen molar-refractivity contribution in [2.45, 2.75) is 6.54 Å². The summed E-state index contributed by atoms with van der Waals surface area (Å²) in [6, 6.07) is 15.0. The SMILES string of the molecule is O/N=C(\Cn1ccnc1)c1ccc(C#Cc2ccc(Cl)cc2)cc1. The minimum atomic E-state index is 0.451. The molecule has 118 valence electrons. The molecular weight excluding hydrogens is 322 g/mol. The molecule has 0 saturated carbocycles. The Bertz CT molecular complexity index is 887. The fourth-order valence-electron chi connectivity index (χ4n) is 2.16. The summed E-state index contributed by atoms with van der Waals surface area (Å²) in [5.41, 5.74) is 3.18. The highest BCUT2D eigenvalue weighted by Crippen LogP contribution is 2.10. The van der Waals surface area contributed by atoms with Gasteiger partial charge in [-0.05, 0) is 36.4 Å². The number of benzene rings is 2. The molecule has 0 saturated heterocycles. The van der Waals surface area contributed by atoms with Crippen LogP contribution in [0.3, 0.4) is 0 Å². The lowest BCUT2D eigenvalue weighted by Crippen LogP contribution is -2.10. The fraction of sp³-hybridized carbons (Fsp3) is 0.0526. The van der Waals surface area contributed by atoms with Gasteiger partial charge in [0, 0.05) is 34.1 Å². The molecule has 0 spiro atoms. The first kappa shape index (κ1) is 15.9. The summed E-state index contributed by atoms with van der Waals surface area (Å²) in [4.78, 5) is 3.98. The number of rotatable bonds is 3. The fourth-order valence-corrected chi connectivity index (χ4v) is 2.28. The third-order valence-electron chi connectivity index (χ3n) is 3.43. The Morgan fingerprint density at radius 3 is 2.21 bits per heavy atom. The van der Waals surface area contributed by atoms with Gasteiger partial charge in [0.25, 0.3) is 0 Å². The van der Waals surface area contributed by atoms with Gasteiger partial charge in [0.1, 0.15) is 5.71 Å². The van der Waals surface area contributed by atoms with E-state index in [1.165, 1.54) is 0 Å². The van der Waals surface area contributed by atoms with E-state index >= 15 is 0 Å². The Kier molecular flexibility index (Phi) is 4.95. The second-order valence-electron chi connectivity index (χ2n) is 5.12.